The molecule has 0 bridgehead atoms. The zero-order valence-electron chi connectivity index (χ0n) is 11.1. The maximum absolute atomic E-state index is 13.6. The van der Waals surface area contributed by atoms with Gasteiger partial charge < -0.3 is 5.73 Å². The van der Waals surface area contributed by atoms with Crippen LogP contribution in [0.15, 0.2) is 58.9 Å². The summed E-state index contributed by atoms with van der Waals surface area (Å²) in [5.74, 6) is 0.367. The van der Waals surface area contributed by atoms with Gasteiger partial charge in [-0.05, 0) is 11.6 Å². The maximum atomic E-state index is 13.6. The van der Waals surface area contributed by atoms with Crippen LogP contribution < -0.4 is 5.73 Å². The molecule has 0 unspecified atom stereocenters. The molecule has 0 fully saturated rings. The first-order valence-electron chi connectivity index (χ1n) is 6.42. The molecule has 0 spiro atoms. The molecule has 0 aliphatic rings. The highest BCUT2D eigenvalue weighted by molar-refractivity contribution is 8.00. The summed E-state index contributed by atoms with van der Waals surface area (Å²) in [5, 5.41) is 0.692. The van der Waals surface area contributed by atoms with Crippen molar-refractivity contribution in [1.29, 1.82) is 0 Å². The zero-order chi connectivity index (χ0) is 14.7. The fraction of sp³-hybridized carbons (Fsp3) is 0.0625. The topological polar surface area (TPSA) is 38.9 Å². The Morgan fingerprint density at radius 1 is 1.05 bits per heavy atom. The molecular formula is C16H13FN2S2. The Morgan fingerprint density at radius 3 is 2.52 bits per heavy atom. The molecule has 106 valence electrons. The van der Waals surface area contributed by atoms with Crippen LogP contribution in [0.2, 0.25) is 0 Å². The van der Waals surface area contributed by atoms with Gasteiger partial charge in [-0.15, -0.1) is 0 Å². The van der Waals surface area contributed by atoms with Crippen molar-refractivity contribution in [2.75, 3.05) is 5.73 Å². The second kappa shape index (κ2) is 6.28. The van der Waals surface area contributed by atoms with Crippen molar-refractivity contribution in [2.24, 2.45) is 0 Å². The Hall–Kier alpha value is -1.85. The number of thioether (sulfide) groups is 1. The Balaban J connectivity index is 1.78. The third-order valence-electron chi connectivity index (χ3n) is 2.99. The van der Waals surface area contributed by atoms with E-state index in [9.17, 15) is 4.39 Å². The minimum absolute atomic E-state index is 0.183. The van der Waals surface area contributed by atoms with Crippen LogP contribution in [0.1, 0.15) is 5.56 Å². The first-order valence-corrected chi connectivity index (χ1v) is 8.22. The predicted molar refractivity (Wildman–Crippen MR) is 87.9 cm³/mol. The van der Waals surface area contributed by atoms with Crippen molar-refractivity contribution in [2.45, 2.75) is 10.1 Å². The molecule has 21 heavy (non-hydrogen) atoms. The lowest BCUT2D eigenvalue weighted by atomic mass is 10.2. The average Bonchev–Trinajstić information content (AvgIpc) is 2.88. The van der Waals surface area contributed by atoms with Gasteiger partial charge in [-0.25, -0.2) is 9.37 Å². The van der Waals surface area contributed by atoms with Crippen molar-refractivity contribution in [1.82, 2.24) is 4.98 Å². The molecule has 0 saturated carbocycles. The highest BCUT2D eigenvalue weighted by atomic mass is 32.2. The van der Waals surface area contributed by atoms with Crippen LogP contribution in [-0.4, -0.2) is 4.98 Å². The summed E-state index contributed by atoms with van der Waals surface area (Å²) in [6, 6.07) is 16.6. The summed E-state index contributed by atoms with van der Waals surface area (Å²) in [6.45, 7) is 0. The number of benzene rings is 2. The van der Waals surface area contributed by atoms with E-state index in [1.165, 1.54) is 29.2 Å². The number of aromatic nitrogens is 1. The summed E-state index contributed by atoms with van der Waals surface area (Å²) in [7, 11) is 0. The van der Waals surface area contributed by atoms with E-state index in [1.807, 2.05) is 36.4 Å². The Bertz CT molecular complexity index is 741. The SMILES string of the molecule is Nc1sc(SCc2ccccc2F)nc1-c1ccccc1. The molecule has 5 heteroatoms. The maximum Gasteiger partial charge on any atom is 0.152 e. The number of thiazole rings is 1. The van der Waals surface area contributed by atoms with E-state index in [0.29, 0.717) is 16.3 Å². The highest BCUT2D eigenvalue weighted by Gasteiger charge is 2.11. The van der Waals surface area contributed by atoms with E-state index < -0.39 is 0 Å². The Labute approximate surface area is 130 Å². The van der Waals surface area contributed by atoms with Crippen molar-refractivity contribution in [3.8, 4) is 11.3 Å². The highest BCUT2D eigenvalue weighted by Crippen LogP contribution is 2.36. The lowest BCUT2D eigenvalue weighted by Crippen LogP contribution is -1.86. The molecule has 2 aromatic carbocycles. The molecule has 3 aromatic rings. The number of halogens is 1. The molecule has 0 amide bonds. The first-order chi connectivity index (χ1) is 10.2. The zero-order valence-corrected chi connectivity index (χ0v) is 12.8. The van der Waals surface area contributed by atoms with E-state index in [-0.39, 0.29) is 5.82 Å². The van der Waals surface area contributed by atoms with Crippen molar-refractivity contribution in [3.05, 3.63) is 66.0 Å². The number of hydrogen-bond acceptors (Lipinski definition) is 4. The van der Waals surface area contributed by atoms with Gasteiger partial charge >= 0.3 is 0 Å². The van der Waals surface area contributed by atoms with Crippen LogP contribution in [0.25, 0.3) is 11.3 Å². The molecule has 0 saturated heterocycles. The molecule has 1 heterocycles. The second-order valence-corrected chi connectivity index (χ2v) is 6.69. The number of rotatable bonds is 4. The molecular weight excluding hydrogens is 303 g/mol. The van der Waals surface area contributed by atoms with Crippen LogP contribution in [0.3, 0.4) is 0 Å². The predicted octanol–water partition coefficient (Wildman–Crippen LogP) is 4.82. The number of nitrogens with two attached hydrogens (primary N) is 1. The van der Waals surface area contributed by atoms with Gasteiger partial charge in [0.25, 0.3) is 0 Å². The molecule has 0 aliphatic heterocycles. The summed E-state index contributed by atoms with van der Waals surface area (Å²) < 4.78 is 14.4. The lowest BCUT2D eigenvalue weighted by molar-refractivity contribution is 0.617. The summed E-state index contributed by atoms with van der Waals surface area (Å²) in [5.41, 5.74) is 8.53. The third-order valence-corrected chi connectivity index (χ3v) is 5.07. The number of nitrogens with zero attached hydrogens (tertiary/aromatic N) is 1. The molecule has 0 aliphatic carbocycles. The van der Waals surface area contributed by atoms with Crippen molar-refractivity contribution >= 4 is 28.1 Å². The number of hydrogen-bond donors (Lipinski definition) is 1. The van der Waals surface area contributed by atoms with E-state index in [4.69, 9.17) is 5.73 Å². The summed E-state index contributed by atoms with van der Waals surface area (Å²) in [6.07, 6.45) is 0. The molecule has 0 atom stereocenters. The minimum Gasteiger partial charge on any atom is -0.389 e. The van der Waals surface area contributed by atoms with Crippen molar-refractivity contribution in [3.63, 3.8) is 0 Å². The quantitative estimate of drug-likeness (QED) is 0.701. The van der Waals surface area contributed by atoms with Gasteiger partial charge in [0, 0.05) is 11.3 Å². The number of anilines is 1. The van der Waals surface area contributed by atoms with Crippen molar-refractivity contribution < 1.29 is 4.39 Å². The van der Waals surface area contributed by atoms with Gasteiger partial charge in [-0.3, -0.25) is 0 Å². The fourth-order valence-electron chi connectivity index (χ4n) is 1.93. The van der Waals surface area contributed by atoms with Gasteiger partial charge in [0.05, 0.1) is 0 Å². The lowest BCUT2D eigenvalue weighted by Gasteiger charge is -2.00. The Morgan fingerprint density at radius 2 is 1.76 bits per heavy atom. The van der Waals surface area contributed by atoms with Gasteiger partial charge in [0.2, 0.25) is 0 Å². The first kappa shape index (κ1) is 14.1. The third kappa shape index (κ3) is 3.25. The average molecular weight is 316 g/mol. The van der Waals surface area contributed by atoms with Crippen LogP contribution in [0.5, 0.6) is 0 Å². The smallest absolute Gasteiger partial charge is 0.152 e. The standard InChI is InChI=1S/C16H13FN2S2/c17-13-9-5-4-8-12(13)10-20-16-19-14(15(18)21-16)11-6-2-1-3-7-11/h1-9H,10,18H2. The van der Waals surface area contributed by atoms with Gasteiger partial charge in [0.1, 0.15) is 16.5 Å². The largest absolute Gasteiger partial charge is 0.389 e. The van der Waals surface area contributed by atoms with E-state index in [1.54, 1.807) is 12.1 Å². The van der Waals surface area contributed by atoms with E-state index in [0.717, 1.165) is 15.6 Å². The van der Waals surface area contributed by atoms with Crippen LogP contribution in [-0.2, 0) is 5.75 Å². The summed E-state index contributed by atoms with van der Waals surface area (Å²) in [4.78, 5) is 4.56. The van der Waals surface area contributed by atoms with E-state index in [2.05, 4.69) is 4.98 Å². The molecule has 0 radical (unpaired) electrons. The molecule has 1 aromatic heterocycles. The van der Waals surface area contributed by atoms with Gasteiger partial charge in [-0.2, -0.15) is 0 Å². The van der Waals surface area contributed by atoms with Crippen LogP contribution in [0, 0.1) is 5.82 Å². The van der Waals surface area contributed by atoms with E-state index >= 15 is 0 Å². The molecule has 2 nitrogen and oxygen atoms in total. The monoisotopic (exact) mass is 316 g/mol. The van der Waals surface area contributed by atoms with Gasteiger partial charge in [-0.1, -0.05) is 71.6 Å². The Kier molecular flexibility index (Phi) is 4.22. The second-order valence-electron chi connectivity index (χ2n) is 4.44. The van der Waals surface area contributed by atoms with Crippen LogP contribution in [0.4, 0.5) is 9.39 Å². The summed E-state index contributed by atoms with van der Waals surface area (Å²) >= 11 is 2.95. The van der Waals surface area contributed by atoms with Gasteiger partial charge in [0.15, 0.2) is 4.34 Å². The number of nitrogen functional groups attached to an aromatic ring is 1. The van der Waals surface area contributed by atoms with Crippen LogP contribution >= 0.6 is 23.1 Å². The molecule has 3 rings (SSSR count). The normalized spacial score (nSPS) is 10.7. The minimum atomic E-state index is -0.183. The fourth-order valence-corrected chi connectivity index (χ4v) is 3.87. The molecule has 2 N–H and O–H groups in total.